The van der Waals surface area contributed by atoms with E-state index in [1.165, 1.54) is 22.3 Å². The summed E-state index contributed by atoms with van der Waals surface area (Å²) in [5.41, 5.74) is 1.93. The molecule has 1 aromatic carbocycles. The predicted molar refractivity (Wildman–Crippen MR) is 76.2 cm³/mol. The predicted octanol–water partition coefficient (Wildman–Crippen LogP) is 2.28. The van der Waals surface area contributed by atoms with E-state index < -0.39 is 0 Å². The molecule has 0 aliphatic carbocycles. The highest BCUT2D eigenvalue weighted by Gasteiger charge is 2.13. The molecule has 0 saturated carbocycles. The normalized spacial score (nSPS) is 10.4. The van der Waals surface area contributed by atoms with Gasteiger partial charge in [0.1, 0.15) is 0 Å². The van der Waals surface area contributed by atoms with Crippen LogP contribution in [0.25, 0.3) is 5.69 Å². The number of carbonyl (C=O) groups is 1. The first kappa shape index (κ1) is 12.5. The summed E-state index contributed by atoms with van der Waals surface area (Å²) in [6, 6.07) is 9.41. The molecule has 0 aliphatic heterocycles. The Morgan fingerprint density at radius 2 is 2.10 bits per heavy atom. The minimum absolute atomic E-state index is 0.252. The third kappa shape index (κ3) is 2.57. The number of benzene rings is 1. The molecule has 2 heterocycles. The lowest BCUT2D eigenvalue weighted by Gasteiger charge is -1.98. The number of nitrogens with one attached hydrogen (secondary N) is 1. The highest BCUT2D eigenvalue weighted by Crippen LogP contribution is 2.15. The number of nitrogens with zero attached hydrogens (tertiary/aromatic N) is 4. The summed E-state index contributed by atoms with van der Waals surface area (Å²) in [5, 5.41) is 13.4. The summed E-state index contributed by atoms with van der Waals surface area (Å²) >= 11 is 1.38. The van der Waals surface area contributed by atoms with Gasteiger partial charge >= 0.3 is 0 Å². The van der Waals surface area contributed by atoms with Crippen molar-refractivity contribution in [3.63, 3.8) is 0 Å². The lowest BCUT2D eigenvalue weighted by molar-refractivity contribution is 0.102. The number of para-hydroxylation sites is 1. The molecule has 2 aromatic heterocycles. The topological polar surface area (TPSA) is 72.7 Å². The SMILES string of the molecule is Cc1csc(NC(=O)c2cnn(-c3ccccc3)n2)n1. The number of aromatic nitrogens is 4. The molecule has 0 bridgehead atoms. The lowest BCUT2D eigenvalue weighted by atomic mass is 10.3. The van der Waals surface area contributed by atoms with Crippen molar-refractivity contribution in [2.45, 2.75) is 6.92 Å². The molecule has 0 aliphatic rings. The number of amides is 1. The first-order valence-electron chi connectivity index (χ1n) is 5.93. The molecule has 0 atom stereocenters. The van der Waals surface area contributed by atoms with Crippen LogP contribution in [0.1, 0.15) is 16.2 Å². The second-order valence-electron chi connectivity index (χ2n) is 4.10. The van der Waals surface area contributed by atoms with Crippen LogP contribution >= 0.6 is 11.3 Å². The van der Waals surface area contributed by atoms with Crippen LogP contribution in [0.5, 0.6) is 0 Å². The third-order valence-corrected chi connectivity index (χ3v) is 3.43. The molecule has 100 valence electrons. The fraction of sp³-hybridized carbons (Fsp3) is 0.0769. The number of hydrogen-bond donors (Lipinski definition) is 1. The van der Waals surface area contributed by atoms with Gasteiger partial charge in [0.15, 0.2) is 10.8 Å². The van der Waals surface area contributed by atoms with Crippen molar-refractivity contribution in [1.29, 1.82) is 0 Å². The van der Waals surface area contributed by atoms with Crippen molar-refractivity contribution in [2.24, 2.45) is 0 Å². The molecule has 6 nitrogen and oxygen atoms in total. The monoisotopic (exact) mass is 285 g/mol. The number of hydrogen-bond acceptors (Lipinski definition) is 5. The van der Waals surface area contributed by atoms with Crippen molar-refractivity contribution in [2.75, 3.05) is 5.32 Å². The van der Waals surface area contributed by atoms with E-state index in [4.69, 9.17) is 0 Å². The smallest absolute Gasteiger partial charge is 0.279 e. The Kier molecular flexibility index (Phi) is 3.26. The lowest BCUT2D eigenvalue weighted by Crippen LogP contribution is -2.13. The summed E-state index contributed by atoms with van der Waals surface area (Å²) in [6.07, 6.45) is 1.43. The molecule has 3 aromatic rings. The summed E-state index contributed by atoms with van der Waals surface area (Å²) < 4.78 is 0. The molecular formula is C13H11N5OS. The molecule has 0 spiro atoms. The first-order valence-corrected chi connectivity index (χ1v) is 6.81. The zero-order chi connectivity index (χ0) is 13.9. The zero-order valence-electron chi connectivity index (χ0n) is 10.6. The summed E-state index contributed by atoms with van der Waals surface area (Å²) in [6.45, 7) is 1.87. The van der Waals surface area contributed by atoms with Crippen LogP contribution in [-0.4, -0.2) is 25.9 Å². The number of rotatable bonds is 3. The minimum atomic E-state index is -0.318. The maximum absolute atomic E-state index is 12.0. The first-order chi connectivity index (χ1) is 9.72. The van der Waals surface area contributed by atoms with Crippen molar-refractivity contribution in [3.05, 3.63) is 53.3 Å². The maximum atomic E-state index is 12.0. The van der Waals surface area contributed by atoms with Gasteiger partial charge in [-0.15, -0.1) is 16.4 Å². The van der Waals surface area contributed by atoms with Crippen LogP contribution in [0.4, 0.5) is 5.13 Å². The Morgan fingerprint density at radius 3 is 2.80 bits per heavy atom. The molecular weight excluding hydrogens is 274 g/mol. The van der Waals surface area contributed by atoms with Crippen LogP contribution in [0.3, 0.4) is 0 Å². The van der Waals surface area contributed by atoms with E-state index >= 15 is 0 Å². The fourth-order valence-corrected chi connectivity index (χ4v) is 2.31. The Hall–Kier alpha value is -2.54. The molecule has 0 saturated heterocycles. The van der Waals surface area contributed by atoms with E-state index in [0.717, 1.165) is 11.4 Å². The van der Waals surface area contributed by atoms with E-state index in [2.05, 4.69) is 20.5 Å². The molecule has 0 fully saturated rings. The minimum Gasteiger partial charge on any atom is -0.296 e. The van der Waals surface area contributed by atoms with Crippen LogP contribution in [0, 0.1) is 6.92 Å². The van der Waals surface area contributed by atoms with Crippen molar-refractivity contribution in [1.82, 2.24) is 20.0 Å². The third-order valence-electron chi connectivity index (χ3n) is 2.55. The Labute approximate surface area is 119 Å². The van der Waals surface area contributed by atoms with Gasteiger partial charge in [0, 0.05) is 5.38 Å². The molecule has 0 radical (unpaired) electrons. The van der Waals surface area contributed by atoms with Gasteiger partial charge in [-0.2, -0.15) is 9.90 Å². The van der Waals surface area contributed by atoms with Crippen LogP contribution in [0.2, 0.25) is 0 Å². The summed E-state index contributed by atoms with van der Waals surface area (Å²) in [5.74, 6) is -0.318. The second-order valence-corrected chi connectivity index (χ2v) is 4.96. The standard InChI is InChI=1S/C13H11N5OS/c1-9-8-20-13(15-9)16-12(19)11-7-14-18(17-11)10-5-3-2-4-6-10/h2-8H,1H3,(H,15,16,19). The van der Waals surface area contributed by atoms with E-state index in [1.54, 1.807) is 0 Å². The largest absolute Gasteiger partial charge is 0.296 e. The van der Waals surface area contributed by atoms with Crippen molar-refractivity contribution in [3.8, 4) is 5.69 Å². The van der Waals surface area contributed by atoms with Gasteiger partial charge in [-0.3, -0.25) is 10.1 Å². The highest BCUT2D eigenvalue weighted by atomic mass is 32.1. The Balaban J connectivity index is 1.78. The van der Waals surface area contributed by atoms with Crippen molar-refractivity contribution < 1.29 is 4.79 Å². The van der Waals surface area contributed by atoms with E-state index in [0.29, 0.717) is 5.13 Å². The zero-order valence-corrected chi connectivity index (χ0v) is 11.5. The van der Waals surface area contributed by atoms with Gasteiger partial charge in [0.05, 0.1) is 17.6 Å². The van der Waals surface area contributed by atoms with Gasteiger partial charge < -0.3 is 0 Å². The number of thiazole rings is 1. The summed E-state index contributed by atoms with van der Waals surface area (Å²) in [7, 11) is 0. The number of carbonyl (C=O) groups excluding carboxylic acids is 1. The Bertz CT molecular complexity index is 734. The fourth-order valence-electron chi connectivity index (χ4n) is 1.63. The van der Waals surface area contributed by atoms with Gasteiger partial charge in [0.25, 0.3) is 5.91 Å². The highest BCUT2D eigenvalue weighted by molar-refractivity contribution is 7.13. The molecule has 20 heavy (non-hydrogen) atoms. The molecule has 1 N–H and O–H groups in total. The Morgan fingerprint density at radius 1 is 1.30 bits per heavy atom. The van der Waals surface area contributed by atoms with Crippen LogP contribution in [0.15, 0.2) is 41.9 Å². The van der Waals surface area contributed by atoms with Gasteiger partial charge in [-0.05, 0) is 19.1 Å². The van der Waals surface area contributed by atoms with Gasteiger partial charge in [-0.1, -0.05) is 18.2 Å². The van der Waals surface area contributed by atoms with Gasteiger partial charge in [-0.25, -0.2) is 4.98 Å². The second kappa shape index (κ2) is 5.22. The van der Waals surface area contributed by atoms with Crippen molar-refractivity contribution >= 4 is 22.4 Å². The molecule has 3 rings (SSSR count). The van der Waals surface area contributed by atoms with Crippen LogP contribution in [-0.2, 0) is 0 Å². The number of aryl methyl sites for hydroxylation is 1. The number of anilines is 1. The van der Waals surface area contributed by atoms with Crippen LogP contribution < -0.4 is 5.32 Å². The molecule has 1 amide bonds. The van der Waals surface area contributed by atoms with E-state index in [-0.39, 0.29) is 11.6 Å². The van der Waals surface area contributed by atoms with E-state index in [9.17, 15) is 4.79 Å². The maximum Gasteiger partial charge on any atom is 0.279 e. The quantitative estimate of drug-likeness (QED) is 0.801. The molecule has 7 heteroatoms. The van der Waals surface area contributed by atoms with Gasteiger partial charge in [0.2, 0.25) is 0 Å². The molecule has 0 unspecified atom stereocenters. The average molecular weight is 285 g/mol. The van der Waals surface area contributed by atoms with E-state index in [1.807, 2.05) is 42.6 Å². The average Bonchev–Trinajstić information content (AvgIpc) is 3.09. The summed E-state index contributed by atoms with van der Waals surface area (Å²) in [4.78, 5) is 17.6.